The fourth-order valence-corrected chi connectivity index (χ4v) is 6.68. The Morgan fingerprint density at radius 1 is 0.955 bits per heavy atom. The zero-order valence-corrected chi connectivity index (χ0v) is 14.9. The van der Waals surface area contributed by atoms with Gasteiger partial charge in [-0.1, -0.05) is 33.1 Å². The van der Waals surface area contributed by atoms with Crippen molar-refractivity contribution in [2.45, 2.75) is 77.7 Å². The first-order valence-corrected chi connectivity index (χ1v) is 10.2. The number of rotatable bonds is 2. The summed E-state index contributed by atoms with van der Waals surface area (Å²) in [7, 11) is -4.41. The molecule has 0 aromatic carbocycles. The number of hydrogen-bond donors (Lipinski definition) is 1. The van der Waals surface area contributed by atoms with Crippen molar-refractivity contribution in [2.24, 2.45) is 29.1 Å². The molecule has 5 atom stereocenters. The molecule has 5 heteroatoms. The summed E-state index contributed by atoms with van der Waals surface area (Å²) >= 11 is 0. The van der Waals surface area contributed by atoms with Gasteiger partial charge in [0.15, 0.2) is 0 Å². The second kappa shape index (κ2) is 5.45. The quantitative estimate of drug-likeness (QED) is 0.770. The fraction of sp³-hybridized carbons (Fsp3) is 1.00. The topological polar surface area (TPSA) is 63.6 Å². The normalized spacial score (nSPS) is 44.9. The Morgan fingerprint density at radius 2 is 1.64 bits per heavy atom. The summed E-state index contributed by atoms with van der Waals surface area (Å²) in [5.41, 5.74) is -1.04. The van der Waals surface area contributed by atoms with Crippen molar-refractivity contribution >= 4 is 10.4 Å². The predicted molar refractivity (Wildman–Crippen MR) is 85.7 cm³/mol. The van der Waals surface area contributed by atoms with Gasteiger partial charge in [-0.25, -0.2) is 4.18 Å². The van der Waals surface area contributed by atoms with E-state index in [1.54, 1.807) is 0 Å². The predicted octanol–water partition coefficient (Wildman–Crippen LogP) is 4.22. The molecule has 1 N–H and O–H groups in total. The third kappa shape index (κ3) is 2.73. The van der Waals surface area contributed by atoms with Gasteiger partial charge in [0.05, 0.1) is 5.60 Å². The molecule has 3 fully saturated rings. The molecule has 3 aliphatic carbocycles. The summed E-state index contributed by atoms with van der Waals surface area (Å²) in [4.78, 5) is 0. The van der Waals surface area contributed by atoms with Crippen LogP contribution in [0, 0.1) is 29.1 Å². The molecule has 3 aliphatic rings. The lowest BCUT2D eigenvalue weighted by atomic mass is 9.48. The maximum Gasteiger partial charge on any atom is 0.397 e. The van der Waals surface area contributed by atoms with Crippen LogP contribution in [0.2, 0.25) is 0 Å². The zero-order chi connectivity index (χ0) is 16.2. The van der Waals surface area contributed by atoms with Crippen LogP contribution in [0.4, 0.5) is 0 Å². The van der Waals surface area contributed by atoms with Crippen LogP contribution in [0.15, 0.2) is 0 Å². The van der Waals surface area contributed by atoms with E-state index in [2.05, 4.69) is 13.8 Å². The molecule has 0 heterocycles. The summed E-state index contributed by atoms with van der Waals surface area (Å²) < 4.78 is 37.0. The van der Waals surface area contributed by atoms with E-state index in [9.17, 15) is 13.0 Å². The summed E-state index contributed by atoms with van der Waals surface area (Å²) in [5.74, 6) is 2.90. The van der Waals surface area contributed by atoms with Crippen LogP contribution < -0.4 is 0 Å². The molecule has 0 radical (unpaired) electrons. The van der Waals surface area contributed by atoms with E-state index in [1.165, 1.54) is 38.5 Å². The van der Waals surface area contributed by atoms with Crippen LogP contribution >= 0.6 is 0 Å². The first kappa shape index (κ1) is 16.7. The van der Waals surface area contributed by atoms with Crippen molar-refractivity contribution in [1.82, 2.24) is 0 Å². The van der Waals surface area contributed by atoms with Crippen molar-refractivity contribution in [3.8, 4) is 0 Å². The molecule has 0 saturated heterocycles. The minimum atomic E-state index is -4.41. The van der Waals surface area contributed by atoms with Crippen LogP contribution in [0.1, 0.15) is 72.1 Å². The second-order valence-corrected chi connectivity index (χ2v) is 9.58. The molecule has 0 aromatic heterocycles. The number of hydrogen-bond acceptors (Lipinski definition) is 3. The molecule has 4 nitrogen and oxygen atoms in total. The molecule has 0 spiro atoms. The van der Waals surface area contributed by atoms with Gasteiger partial charge >= 0.3 is 10.4 Å². The first-order valence-electron chi connectivity index (χ1n) is 8.82. The van der Waals surface area contributed by atoms with Crippen molar-refractivity contribution < 1.29 is 17.2 Å². The van der Waals surface area contributed by atoms with Crippen molar-refractivity contribution in [1.29, 1.82) is 0 Å². The minimum absolute atomic E-state index is 0.242. The molecule has 22 heavy (non-hydrogen) atoms. The van der Waals surface area contributed by atoms with E-state index in [4.69, 9.17) is 4.18 Å². The maximum absolute atomic E-state index is 11.3. The lowest BCUT2D eigenvalue weighted by Crippen LogP contribution is -2.58. The standard InChI is InChI=1S/C17H30O4S/c1-16(2)15-9-8-12-6-4-5-7-13(12)14(15)10-11-17(16,3)21-22(18,19)20/h12-15H,4-11H2,1-3H3,(H,18,19,20). The van der Waals surface area contributed by atoms with Crippen molar-refractivity contribution in [3.05, 3.63) is 0 Å². The molecule has 5 unspecified atom stereocenters. The van der Waals surface area contributed by atoms with Gasteiger partial charge in [-0.3, -0.25) is 4.55 Å². The van der Waals surface area contributed by atoms with E-state index >= 15 is 0 Å². The van der Waals surface area contributed by atoms with Crippen molar-refractivity contribution in [2.75, 3.05) is 0 Å². The van der Waals surface area contributed by atoms with Gasteiger partial charge in [0.1, 0.15) is 0 Å². The average molecular weight is 330 g/mol. The lowest BCUT2D eigenvalue weighted by Gasteiger charge is -2.59. The van der Waals surface area contributed by atoms with E-state index in [0.717, 1.165) is 18.3 Å². The van der Waals surface area contributed by atoms with E-state index in [-0.39, 0.29) is 5.41 Å². The second-order valence-electron chi connectivity index (χ2n) is 8.56. The van der Waals surface area contributed by atoms with Gasteiger partial charge in [-0.2, -0.15) is 8.42 Å². The van der Waals surface area contributed by atoms with Crippen molar-refractivity contribution in [3.63, 3.8) is 0 Å². The Kier molecular flexibility index (Phi) is 4.14. The number of fused-ring (bicyclic) bond motifs is 3. The first-order chi connectivity index (χ1) is 10.1. The van der Waals surface area contributed by atoms with Crippen LogP contribution in [-0.2, 0) is 14.6 Å². The molecule has 0 bridgehead atoms. The fourth-order valence-electron chi connectivity index (χ4n) is 5.91. The minimum Gasteiger partial charge on any atom is -0.264 e. The largest absolute Gasteiger partial charge is 0.397 e. The molecule has 3 rings (SSSR count). The Morgan fingerprint density at radius 3 is 2.32 bits per heavy atom. The Hall–Kier alpha value is -0.130. The third-order valence-electron chi connectivity index (χ3n) is 7.42. The molecular formula is C17H30O4S. The highest BCUT2D eigenvalue weighted by Crippen LogP contribution is 2.60. The SMILES string of the molecule is CC1(OS(=O)(=O)O)CCC2C3CCCCC3CCC2C1(C)C. The molecule has 0 aliphatic heterocycles. The summed E-state index contributed by atoms with van der Waals surface area (Å²) in [5, 5.41) is 0. The molecule has 3 saturated carbocycles. The van der Waals surface area contributed by atoms with Gasteiger partial charge in [0.2, 0.25) is 0 Å². The summed E-state index contributed by atoms with van der Waals surface area (Å²) in [6.07, 6.45) is 9.64. The highest BCUT2D eigenvalue weighted by molar-refractivity contribution is 7.80. The molecule has 0 amide bonds. The highest BCUT2D eigenvalue weighted by Gasteiger charge is 2.58. The van der Waals surface area contributed by atoms with Gasteiger partial charge in [0.25, 0.3) is 0 Å². The van der Waals surface area contributed by atoms with Crippen LogP contribution in [-0.4, -0.2) is 18.6 Å². The van der Waals surface area contributed by atoms with Gasteiger partial charge < -0.3 is 0 Å². The van der Waals surface area contributed by atoms with Gasteiger partial charge in [0, 0.05) is 0 Å². The molecule has 0 aromatic rings. The van der Waals surface area contributed by atoms with E-state index in [0.29, 0.717) is 18.3 Å². The lowest BCUT2D eigenvalue weighted by molar-refractivity contribution is -0.150. The van der Waals surface area contributed by atoms with Gasteiger partial charge in [-0.05, 0) is 68.1 Å². The third-order valence-corrected chi connectivity index (χ3v) is 8.00. The van der Waals surface area contributed by atoms with Crippen LogP contribution in [0.25, 0.3) is 0 Å². The van der Waals surface area contributed by atoms with Crippen LogP contribution in [0.3, 0.4) is 0 Å². The highest BCUT2D eigenvalue weighted by atomic mass is 32.3. The van der Waals surface area contributed by atoms with Crippen LogP contribution in [0.5, 0.6) is 0 Å². The Balaban J connectivity index is 1.86. The maximum atomic E-state index is 11.3. The van der Waals surface area contributed by atoms with E-state index in [1.807, 2.05) is 6.92 Å². The summed E-state index contributed by atoms with van der Waals surface area (Å²) in [6.45, 7) is 6.14. The Bertz CT molecular complexity index is 527. The molecule has 128 valence electrons. The van der Waals surface area contributed by atoms with E-state index < -0.39 is 16.0 Å². The summed E-state index contributed by atoms with van der Waals surface area (Å²) in [6, 6.07) is 0. The van der Waals surface area contributed by atoms with Gasteiger partial charge in [-0.15, -0.1) is 0 Å². The Labute approximate surface area is 135 Å². The monoisotopic (exact) mass is 330 g/mol. The smallest absolute Gasteiger partial charge is 0.264 e. The zero-order valence-electron chi connectivity index (χ0n) is 14.0. The molecular weight excluding hydrogens is 300 g/mol. The average Bonchev–Trinajstić information content (AvgIpc) is 2.41.